The Balaban J connectivity index is 1.45. The third kappa shape index (κ3) is 3.66. The summed E-state index contributed by atoms with van der Waals surface area (Å²) in [7, 11) is 0. The van der Waals surface area contributed by atoms with Crippen molar-refractivity contribution in [3.8, 4) is 28.4 Å². The minimum Gasteiger partial charge on any atom is -0.454 e. The lowest BCUT2D eigenvalue weighted by atomic mass is 9.88. The van der Waals surface area contributed by atoms with Crippen molar-refractivity contribution in [1.29, 1.82) is 0 Å². The van der Waals surface area contributed by atoms with Gasteiger partial charge in [-0.2, -0.15) is 5.10 Å². The van der Waals surface area contributed by atoms with Crippen LogP contribution in [0.25, 0.3) is 16.9 Å². The van der Waals surface area contributed by atoms with Crippen molar-refractivity contribution in [1.82, 2.24) is 14.8 Å². The summed E-state index contributed by atoms with van der Waals surface area (Å²) in [4.78, 5) is 29.0. The fourth-order valence-corrected chi connectivity index (χ4v) is 4.63. The molecule has 10 heteroatoms. The van der Waals surface area contributed by atoms with E-state index >= 15 is 0 Å². The van der Waals surface area contributed by atoms with Gasteiger partial charge in [0.15, 0.2) is 17.2 Å². The number of hydrogen-bond donors (Lipinski definition) is 2. The molecule has 0 fully saturated rings. The normalized spacial score (nSPS) is 13.2. The highest BCUT2D eigenvalue weighted by atomic mass is 35.5. The van der Waals surface area contributed by atoms with Crippen molar-refractivity contribution in [2.45, 2.75) is 12.8 Å². The number of carbonyl (C=O) groups excluding carboxylic acids is 2. The van der Waals surface area contributed by atoms with Gasteiger partial charge < -0.3 is 20.5 Å². The smallest absolute Gasteiger partial charge is 0.269 e. The summed E-state index contributed by atoms with van der Waals surface area (Å²) in [5.41, 5.74) is 11.0. The largest absolute Gasteiger partial charge is 0.454 e. The second-order valence-corrected chi connectivity index (χ2v) is 8.64. The summed E-state index contributed by atoms with van der Waals surface area (Å²) < 4.78 is 12.6. The van der Waals surface area contributed by atoms with E-state index in [0.29, 0.717) is 46.3 Å². The van der Waals surface area contributed by atoms with Gasteiger partial charge in [-0.3, -0.25) is 14.6 Å². The third-order valence-corrected chi connectivity index (χ3v) is 6.26. The van der Waals surface area contributed by atoms with Crippen LogP contribution in [0.2, 0.25) is 5.02 Å². The van der Waals surface area contributed by atoms with Crippen LogP contribution in [0.1, 0.15) is 32.0 Å². The first-order valence-electron chi connectivity index (χ1n) is 10.8. The lowest BCUT2D eigenvalue weighted by Crippen LogP contribution is -2.15. The first kappa shape index (κ1) is 21.2. The maximum atomic E-state index is 12.8. The fraction of sp³-hybridized carbons (Fsp3) is 0.120. The van der Waals surface area contributed by atoms with Crippen molar-refractivity contribution in [2.75, 3.05) is 12.1 Å². The number of halogens is 1. The molecule has 0 saturated carbocycles. The Hall–Kier alpha value is -4.37. The number of nitrogens with two attached hydrogens (primary N) is 1. The van der Waals surface area contributed by atoms with Crippen LogP contribution in [0.4, 0.5) is 5.69 Å². The van der Waals surface area contributed by atoms with E-state index in [-0.39, 0.29) is 18.4 Å². The van der Waals surface area contributed by atoms with E-state index in [1.165, 1.54) is 12.4 Å². The summed E-state index contributed by atoms with van der Waals surface area (Å²) in [5.74, 6) is 0.311. The summed E-state index contributed by atoms with van der Waals surface area (Å²) in [6.07, 6.45) is 4.24. The van der Waals surface area contributed by atoms with Gasteiger partial charge in [0.05, 0.1) is 22.0 Å². The van der Waals surface area contributed by atoms with Crippen LogP contribution in [0.3, 0.4) is 0 Å². The fourth-order valence-electron chi connectivity index (χ4n) is 4.46. The number of ether oxygens (including phenoxy) is 2. The Morgan fingerprint density at radius 3 is 2.71 bits per heavy atom. The SMILES string of the molecule is NC(=O)c1nn(-c2ccc3c(c2)OCO3)c2c1CCc1ccc(NC(=O)c3cncc(Cl)c3)cc1-2. The molecular formula is C25H18ClN5O4. The Morgan fingerprint density at radius 2 is 1.89 bits per heavy atom. The van der Waals surface area contributed by atoms with Crippen LogP contribution < -0.4 is 20.5 Å². The van der Waals surface area contributed by atoms with Gasteiger partial charge in [-0.05, 0) is 48.7 Å². The van der Waals surface area contributed by atoms with Gasteiger partial charge in [0, 0.05) is 35.3 Å². The average Bonchev–Trinajstić information content (AvgIpc) is 3.48. The number of primary amides is 1. The van der Waals surface area contributed by atoms with Crippen LogP contribution in [-0.2, 0) is 12.8 Å². The van der Waals surface area contributed by atoms with Crippen LogP contribution in [0, 0.1) is 0 Å². The van der Waals surface area contributed by atoms with E-state index in [0.717, 1.165) is 22.4 Å². The Labute approximate surface area is 204 Å². The molecule has 6 rings (SSSR count). The van der Waals surface area contributed by atoms with E-state index in [2.05, 4.69) is 15.4 Å². The number of rotatable bonds is 4. The molecule has 2 aliphatic rings. The Bertz CT molecular complexity index is 1530. The zero-order chi connectivity index (χ0) is 24.1. The number of fused-ring (bicyclic) bond motifs is 4. The molecule has 9 nitrogen and oxygen atoms in total. The lowest BCUT2D eigenvalue weighted by molar-refractivity contribution is 0.0992. The molecule has 3 heterocycles. The van der Waals surface area contributed by atoms with Crippen LogP contribution in [-0.4, -0.2) is 33.4 Å². The highest BCUT2D eigenvalue weighted by molar-refractivity contribution is 6.30. The molecule has 0 unspecified atom stereocenters. The highest BCUT2D eigenvalue weighted by Gasteiger charge is 2.29. The number of amides is 2. The van der Waals surface area contributed by atoms with E-state index in [4.69, 9.17) is 26.8 Å². The number of aryl methyl sites for hydroxylation is 1. The number of nitrogens with one attached hydrogen (secondary N) is 1. The summed E-state index contributed by atoms with van der Waals surface area (Å²) in [6, 6.07) is 12.7. The number of nitrogens with zero attached hydrogens (tertiary/aromatic N) is 3. The molecule has 4 aromatic rings. The first-order valence-corrected chi connectivity index (χ1v) is 11.2. The molecule has 2 aromatic heterocycles. The van der Waals surface area contributed by atoms with Crippen molar-refractivity contribution in [3.05, 3.63) is 82.3 Å². The van der Waals surface area contributed by atoms with Crippen LogP contribution >= 0.6 is 11.6 Å². The van der Waals surface area contributed by atoms with Gasteiger partial charge >= 0.3 is 0 Å². The maximum Gasteiger partial charge on any atom is 0.269 e. The molecule has 0 radical (unpaired) electrons. The topological polar surface area (TPSA) is 121 Å². The number of pyridine rings is 1. The quantitative estimate of drug-likeness (QED) is 0.452. The molecule has 0 saturated heterocycles. The molecule has 2 aromatic carbocycles. The molecule has 1 aliphatic carbocycles. The van der Waals surface area contributed by atoms with E-state index in [1.807, 2.05) is 30.3 Å². The summed E-state index contributed by atoms with van der Waals surface area (Å²) in [6.45, 7) is 0.149. The zero-order valence-corrected chi connectivity index (χ0v) is 19.0. The monoisotopic (exact) mass is 487 g/mol. The van der Waals surface area contributed by atoms with Gasteiger partial charge in [0.1, 0.15) is 0 Å². The minimum atomic E-state index is -0.595. The van der Waals surface area contributed by atoms with Gasteiger partial charge in [0.25, 0.3) is 11.8 Å². The van der Waals surface area contributed by atoms with Crippen molar-refractivity contribution < 1.29 is 19.1 Å². The number of benzene rings is 2. The summed E-state index contributed by atoms with van der Waals surface area (Å²) >= 11 is 5.98. The Kier molecular flexibility index (Phi) is 4.93. The zero-order valence-electron chi connectivity index (χ0n) is 18.2. The van der Waals surface area contributed by atoms with Gasteiger partial charge in [-0.15, -0.1) is 0 Å². The summed E-state index contributed by atoms with van der Waals surface area (Å²) in [5, 5.41) is 7.84. The second-order valence-electron chi connectivity index (χ2n) is 8.21. The van der Waals surface area contributed by atoms with E-state index < -0.39 is 5.91 Å². The van der Waals surface area contributed by atoms with Crippen molar-refractivity contribution in [2.24, 2.45) is 5.73 Å². The molecule has 35 heavy (non-hydrogen) atoms. The lowest BCUT2D eigenvalue weighted by Gasteiger charge is -2.20. The van der Waals surface area contributed by atoms with Crippen LogP contribution in [0.15, 0.2) is 54.9 Å². The third-order valence-electron chi connectivity index (χ3n) is 6.05. The van der Waals surface area contributed by atoms with Gasteiger partial charge in [-0.25, -0.2) is 4.68 Å². The van der Waals surface area contributed by atoms with Crippen LogP contribution in [0.5, 0.6) is 11.5 Å². The number of aromatic nitrogens is 3. The molecule has 0 bridgehead atoms. The average molecular weight is 488 g/mol. The number of anilines is 1. The molecule has 2 amide bonds. The van der Waals surface area contributed by atoms with Gasteiger partial charge in [-0.1, -0.05) is 17.7 Å². The first-order chi connectivity index (χ1) is 17.0. The number of hydrogen-bond acceptors (Lipinski definition) is 6. The number of carbonyl (C=O) groups is 2. The highest BCUT2D eigenvalue weighted by Crippen LogP contribution is 2.40. The van der Waals surface area contributed by atoms with E-state index in [9.17, 15) is 9.59 Å². The molecule has 174 valence electrons. The minimum absolute atomic E-state index is 0.149. The predicted molar refractivity (Wildman–Crippen MR) is 128 cm³/mol. The van der Waals surface area contributed by atoms with Gasteiger partial charge in [0.2, 0.25) is 6.79 Å². The maximum absolute atomic E-state index is 12.8. The predicted octanol–water partition coefficient (Wildman–Crippen LogP) is 3.77. The van der Waals surface area contributed by atoms with Crippen molar-refractivity contribution in [3.63, 3.8) is 0 Å². The molecule has 0 atom stereocenters. The Morgan fingerprint density at radius 1 is 1.03 bits per heavy atom. The molecule has 1 aliphatic heterocycles. The molecule has 3 N–H and O–H groups in total. The molecular weight excluding hydrogens is 470 g/mol. The molecule has 0 spiro atoms. The van der Waals surface area contributed by atoms with Crippen molar-refractivity contribution >= 4 is 29.1 Å². The van der Waals surface area contributed by atoms with E-state index in [1.54, 1.807) is 16.8 Å². The second kappa shape index (κ2) is 8.14. The standard InChI is InChI=1S/C25H18ClN5O4/c26-15-7-14(10-28-11-15)25(33)29-16-3-1-13-2-5-18-22(24(27)32)30-31(23(18)19(13)8-16)17-4-6-20-21(9-17)35-12-34-20/h1,3-4,6-11H,2,5,12H2,(H2,27,32)(H,29,33).